The van der Waals surface area contributed by atoms with Crippen molar-refractivity contribution < 1.29 is 4.79 Å². The first kappa shape index (κ1) is 19.0. The van der Waals surface area contributed by atoms with Crippen molar-refractivity contribution >= 4 is 11.9 Å². The van der Waals surface area contributed by atoms with E-state index in [1.807, 2.05) is 30.3 Å². The second-order valence-electron chi connectivity index (χ2n) is 5.78. The molecular formula is C18H30N4O. The van der Waals surface area contributed by atoms with Gasteiger partial charge in [0.25, 0.3) is 0 Å². The standard InChI is InChI=1S/C18H30N4O/c1-4-5-6-10-13-19-18(21-15-17(23)22(2)3)20-14-16-11-8-7-9-12-16/h7-9,11-12H,4-6,10,13-15H2,1-3H3,(H2,19,20,21). The Morgan fingerprint density at radius 1 is 1.09 bits per heavy atom. The fourth-order valence-corrected chi connectivity index (χ4v) is 2.00. The predicted octanol–water partition coefficient (Wildman–Crippen LogP) is 2.39. The van der Waals surface area contributed by atoms with Gasteiger partial charge in [0, 0.05) is 20.6 Å². The average molecular weight is 318 g/mol. The Morgan fingerprint density at radius 3 is 2.48 bits per heavy atom. The second kappa shape index (κ2) is 11.5. The minimum atomic E-state index is 0.0326. The van der Waals surface area contributed by atoms with Crippen LogP contribution in [-0.2, 0) is 11.3 Å². The number of carbonyl (C=O) groups excluding carboxylic acids is 1. The molecular weight excluding hydrogens is 288 g/mol. The molecule has 0 unspecified atom stereocenters. The van der Waals surface area contributed by atoms with Crippen LogP contribution in [0.15, 0.2) is 35.3 Å². The van der Waals surface area contributed by atoms with Crippen LogP contribution in [0, 0.1) is 0 Å². The fraction of sp³-hybridized carbons (Fsp3) is 0.556. The van der Waals surface area contributed by atoms with Crippen LogP contribution >= 0.6 is 0 Å². The molecule has 5 nitrogen and oxygen atoms in total. The minimum absolute atomic E-state index is 0.0326. The smallest absolute Gasteiger partial charge is 0.241 e. The van der Waals surface area contributed by atoms with Crippen molar-refractivity contribution in [2.75, 3.05) is 27.2 Å². The lowest BCUT2D eigenvalue weighted by Crippen LogP contribution is -2.43. The molecule has 0 saturated carbocycles. The zero-order valence-corrected chi connectivity index (χ0v) is 14.6. The molecule has 0 aromatic heterocycles. The van der Waals surface area contributed by atoms with E-state index in [1.54, 1.807) is 19.0 Å². The fourth-order valence-electron chi connectivity index (χ4n) is 2.00. The molecule has 1 amide bonds. The third-order valence-electron chi connectivity index (χ3n) is 3.49. The summed E-state index contributed by atoms with van der Waals surface area (Å²) in [7, 11) is 3.51. The van der Waals surface area contributed by atoms with Gasteiger partial charge in [-0.05, 0) is 12.0 Å². The Kier molecular flexibility index (Phi) is 9.52. The van der Waals surface area contributed by atoms with Crippen molar-refractivity contribution in [3.05, 3.63) is 35.9 Å². The number of hydrogen-bond acceptors (Lipinski definition) is 2. The lowest BCUT2D eigenvalue weighted by molar-refractivity contribution is -0.127. The number of carbonyl (C=O) groups is 1. The molecule has 23 heavy (non-hydrogen) atoms. The van der Waals surface area contributed by atoms with Gasteiger partial charge in [-0.1, -0.05) is 56.5 Å². The van der Waals surface area contributed by atoms with Gasteiger partial charge in [0.2, 0.25) is 5.91 Å². The van der Waals surface area contributed by atoms with Gasteiger partial charge in [-0.25, -0.2) is 4.99 Å². The summed E-state index contributed by atoms with van der Waals surface area (Å²) < 4.78 is 0. The summed E-state index contributed by atoms with van der Waals surface area (Å²) in [5.74, 6) is 0.728. The lowest BCUT2D eigenvalue weighted by Gasteiger charge is -2.15. The summed E-state index contributed by atoms with van der Waals surface area (Å²) in [5, 5.41) is 6.42. The Hall–Kier alpha value is -2.04. The first-order valence-electron chi connectivity index (χ1n) is 8.39. The van der Waals surface area contributed by atoms with Gasteiger partial charge in [-0.3, -0.25) is 4.79 Å². The highest BCUT2D eigenvalue weighted by molar-refractivity contribution is 5.86. The molecule has 0 heterocycles. The van der Waals surface area contributed by atoms with Crippen molar-refractivity contribution in [1.82, 2.24) is 15.5 Å². The summed E-state index contributed by atoms with van der Waals surface area (Å²) in [6.07, 6.45) is 4.81. The van der Waals surface area contributed by atoms with Crippen LogP contribution in [0.4, 0.5) is 0 Å². The lowest BCUT2D eigenvalue weighted by atomic mass is 10.2. The maximum Gasteiger partial charge on any atom is 0.241 e. The molecule has 2 N–H and O–H groups in total. The van der Waals surface area contributed by atoms with Crippen molar-refractivity contribution in [3.8, 4) is 0 Å². The molecule has 0 aliphatic rings. The summed E-state index contributed by atoms with van der Waals surface area (Å²) in [5.41, 5.74) is 1.15. The van der Waals surface area contributed by atoms with E-state index in [0.29, 0.717) is 12.5 Å². The molecule has 0 bridgehead atoms. The molecule has 1 rings (SSSR count). The van der Waals surface area contributed by atoms with Crippen LogP contribution in [0.2, 0.25) is 0 Å². The molecule has 0 atom stereocenters. The van der Waals surface area contributed by atoms with Crippen LogP contribution in [0.5, 0.6) is 0 Å². The van der Waals surface area contributed by atoms with Crippen molar-refractivity contribution in [1.29, 1.82) is 0 Å². The van der Waals surface area contributed by atoms with Gasteiger partial charge in [-0.2, -0.15) is 0 Å². The maximum absolute atomic E-state index is 11.7. The molecule has 128 valence electrons. The summed E-state index contributed by atoms with van der Waals surface area (Å²) in [4.78, 5) is 17.9. The normalized spacial score (nSPS) is 11.2. The quantitative estimate of drug-likeness (QED) is 0.417. The highest BCUT2D eigenvalue weighted by atomic mass is 16.2. The SMILES string of the molecule is CCCCCCNC(=NCc1ccccc1)NCC(=O)N(C)C. The maximum atomic E-state index is 11.7. The highest BCUT2D eigenvalue weighted by Crippen LogP contribution is 2.00. The topological polar surface area (TPSA) is 56.7 Å². The zero-order chi connectivity index (χ0) is 16.9. The van der Waals surface area contributed by atoms with E-state index in [2.05, 4.69) is 22.5 Å². The van der Waals surface area contributed by atoms with Crippen LogP contribution in [0.25, 0.3) is 0 Å². The van der Waals surface area contributed by atoms with Gasteiger partial charge in [0.05, 0.1) is 13.1 Å². The number of likely N-dealkylation sites (N-methyl/N-ethyl adjacent to an activating group) is 1. The number of unbranched alkanes of at least 4 members (excludes halogenated alkanes) is 3. The molecule has 5 heteroatoms. The van der Waals surface area contributed by atoms with Gasteiger partial charge < -0.3 is 15.5 Å². The van der Waals surface area contributed by atoms with E-state index in [9.17, 15) is 4.79 Å². The number of hydrogen-bond donors (Lipinski definition) is 2. The third-order valence-corrected chi connectivity index (χ3v) is 3.49. The van der Waals surface area contributed by atoms with Crippen LogP contribution in [0.1, 0.15) is 38.2 Å². The summed E-state index contributed by atoms with van der Waals surface area (Å²) in [6.45, 7) is 3.93. The largest absolute Gasteiger partial charge is 0.356 e. The molecule has 0 radical (unpaired) electrons. The van der Waals surface area contributed by atoms with E-state index >= 15 is 0 Å². The predicted molar refractivity (Wildman–Crippen MR) is 96.4 cm³/mol. The van der Waals surface area contributed by atoms with Gasteiger partial charge in [0.1, 0.15) is 0 Å². The molecule has 0 aliphatic heterocycles. The first-order chi connectivity index (χ1) is 11.1. The number of rotatable bonds is 9. The first-order valence-corrected chi connectivity index (χ1v) is 8.39. The molecule has 1 aromatic rings. The molecule has 1 aromatic carbocycles. The number of aliphatic imine (C=N–C) groups is 1. The summed E-state index contributed by atoms with van der Waals surface area (Å²) in [6, 6.07) is 10.1. The van der Waals surface area contributed by atoms with Crippen LogP contribution < -0.4 is 10.6 Å². The molecule has 0 aliphatic carbocycles. The Bertz CT molecular complexity index is 471. The number of nitrogens with one attached hydrogen (secondary N) is 2. The minimum Gasteiger partial charge on any atom is -0.356 e. The number of guanidine groups is 1. The zero-order valence-electron chi connectivity index (χ0n) is 14.6. The number of nitrogens with zero attached hydrogens (tertiary/aromatic N) is 2. The number of amides is 1. The van der Waals surface area contributed by atoms with Crippen LogP contribution in [-0.4, -0.2) is 44.0 Å². The third kappa shape index (κ3) is 8.86. The monoisotopic (exact) mass is 318 g/mol. The van der Waals surface area contributed by atoms with Crippen molar-refractivity contribution in [3.63, 3.8) is 0 Å². The van der Waals surface area contributed by atoms with E-state index in [4.69, 9.17) is 0 Å². The van der Waals surface area contributed by atoms with Gasteiger partial charge in [-0.15, -0.1) is 0 Å². The van der Waals surface area contributed by atoms with E-state index < -0.39 is 0 Å². The number of benzene rings is 1. The molecule has 0 spiro atoms. The second-order valence-corrected chi connectivity index (χ2v) is 5.78. The molecule has 0 fully saturated rings. The Labute approximate surface area is 140 Å². The summed E-state index contributed by atoms with van der Waals surface area (Å²) >= 11 is 0. The van der Waals surface area contributed by atoms with Crippen molar-refractivity contribution in [2.24, 2.45) is 4.99 Å². The highest BCUT2D eigenvalue weighted by Gasteiger charge is 2.05. The Morgan fingerprint density at radius 2 is 1.83 bits per heavy atom. The van der Waals surface area contributed by atoms with Crippen molar-refractivity contribution in [2.45, 2.75) is 39.2 Å². The average Bonchev–Trinajstić information content (AvgIpc) is 2.56. The van der Waals surface area contributed by atoms with Gasteiger partial charge in [0.15, 0.2) is 5.96 Å². The van der Waals surface area contributed by atoms with Gasteiger partial charge >= 0.3 is 0 Å². The van der Waals surface area contributed by atoms with E-state index in [-0.39, 0.29) is 12.5 Å². The van der Waals surface area contributed by atoms with E-state index in [1.165, 1.54) is 19.3 Å². The Balaban J connectivity index is 2.50. The van der Waals surface area contributed by atoms with E-state index in [0.717, 1.165) is 18.5 Å². The molecule has 0 saturated heterocycles. The van der Waals surface area contributed by atoms with Crippen LogP contribution in [0.3, 0.4) is 0 Å².